The summed E-state index contributed by atoms with van der Waals surface area (Å²) in [4.78, 5) is 11.8. The van der Waals surface area contributed by atoms with Crippen LogP contribution in [-0.2, 0) is 0 Å². The third-order valence-corrected chi connectivity index (χ3v) is 3.51. The quantitative estimate of drug-likeness (QED) is 0.619. The summed E-state index contributed by atoms with van der Waals surface area (Å²) in [6.07, 6.45) is 0. The normalized spacial score (nSPS) is 11.4. The molecule has 3 nitrogen and oxygen atoms in total. The summed E-state index contributed by atoms with van der Waals surface area (Å²) in [6.45, 7) is 0. The molecule has 19 heavy (non-hydrogen) atoms. The molecule has 0 aliphatic carbocycles. The smallest absolute Gasteiger partial charge is 0.263 e. The Kier molecular flexibility index (Phi) is 4.64. The predicted octanol–water partition coefficient (Wildman–Crippen LogP) is 4.24. The van der Waals surface area contributed by atoms with Gasteiger partial charge in [-0.05, 0) is 11.4 Å². The SMILES string of the molecule is O=[N+]([O-])C(c1ccccc1)c1cccccccs1. The maximum Gasteiger partial charge on any atom is 0.272 e. The van der Waals surface area contributed by atoms with Gasteiger partial charge in [-0.1, -0.05) is 60.7 Å². The molecule has 2 aromatic rings. The van der Waals surface area contributed by atoms with Crippen molar-refractivity contribution in [3.63, 3.8) is 0 Å². The summed E-state index contributed by atoms with van der Waals surface area (Å²) in [7, 11) is 0. The van der Waals surface area contributed by atoms with Gasteiger partial charge in [-0.15, -0.1) is 11.3 Å². The molecule has 1 atom stereocenters. The van der Waals surface area contributed by atoms with Gasteiger partial charge in [0, 0.05) is 10.5 Å². The van der Waals surface area contributed by atoms with E-state index in [1.807, 2.05) is 53.9 Å². The molecule has 0 amide bonds. The molecule has 1 aromatic carbocycles. The second-order valence-electron chi connectivity index (χ2n) is 3.88. The predicted molar refractivity (Wildman–Crippen MR) is 77.2 cm³/mol. The van der Waals surface area contributed by atoms with Gasteiger partial charge in [-0.2, -0.15) is 0 Å². The van der Waals surface area contributed by atoms with E-state index in [0.717, 1.165) is 0 Å². The summed E-state index contributed by atoms with van der Waals surface area (Å²) in [5.41, 5.74) is 0.695. The van der Waals surface area contributed by atoms with Gasteiger partial charge in [0.25, 0.3) is 6.04 Å². The van der Waals surface area contributed by atoms with Crippen molar-refractivity contribution >= 4 is 11.3 Å². The second-order valence-corrected chi connectivity index (χ2v) is 4.86. The zero-order valence-corrected chi connectivity index (χ0v) is 11.0. The largest absolute Gasteiger partial charge is 0.272 e. The lowest BCUT2D eigenvalue weighted by atomic mass is 10.1. The van der Waals surface area contributed by atoms with Gasteiger partial charge >= 0.3 is 0 Å². The van der Waals surface area contributed by atoms with E-state index in [9.17, 15) is 10.1 Å². The topological polar surface area (TPSA) is 43.1 Å². The molecule has 0 aliphatic heterocycles. The van der Waals surface area contributed by atoms with Crippen LogP contribution in [0.15, 0.2) is 72.1 Å². The first-order valence-electron chi connectivity index (χ1n) is 5.84. The van der Waals surface area contributed by atoms with Crippen molar-refractivity contribution in [3.8, 4) is 0 Å². The summed E-state index contributed by atoms with van der Waals surface area (Å²) in [6, 6.07) is 19.4. The fraction of sp³-hybridized carbons (Fsp3) is 0.0667. The van der Waals surface area contributed by atoms with Gasteiger partial charge in [-0.25, -0.2) is 0 Å². The zero-order valence-electron chi connectivity index (χ0n) is 10.2. The van der Waals surface area contributed by atoms with Gasteiger partial charge in [-0.3, -0.25) is 10.1 Å². The average Bonchev–Trinajstić information content (AvgIpc) is 2.54. The molecule has 2 rings (SSSR count). The Hall–Kier alpha value is -2.20. The average molecular weight is 271 g/mol. The van der Waals surface area contributed by atoms with Crippen LogP contribution in [0.4, 0.5) is 0 Å². The Labute approximate surface area is 115 Å². The summed E-state index contributed by atoms with van der Waals surface area (Å²) < 4.78 is 0. The van der Waals surface area contributed by atoms with Gasteiger partial charge in [0.2, 0.25) is 0 Å². The van der Waals surface area contributed by atoms with E-state index in [0.29, 0.717) is 10.4 Å². The van der Waals surface area contributed by atoms with Gasteiger partial charge in [0.1, 0.15) is 0 Å². The van der Waals surface area contributed by atoms with Crippen LogP contribution >= 0.6 is 11.3 Å². The fourth-order valence-electron chi connectivity index (χ4n) is 1.73. The molecule has 1 aromatic heterocycles. The molecule has 96 valence electrons. The van der Waals surface area contributed by atoms with E-state index in [2.05, 4.69) is 0 Å². The highest BCUT2D eigenvalue weighted by atomic mass is 32.1. The van der Waals surface area contributed by atoms with Crippen LogP contribution < -0.4 is 0 Å². The van der Waals surface area contributed by atoms with Crippen LogP contribution in [0.1, 0.15) is 16.5 Å². The highest BCUT2D eigenvalue weighted by Gasteiger charge is 2.24. The first-order chi connectivity index (χ1) is 9.29. The standard InChI is InChI=1S/C15H13NO2S/c17-16(18)15(13-9-5-4-6-10-13)14-11-7-2-1-3-8-12-19-14/h1-12,15H. The van der Waals surface area contributed by atoms with Crippen LogP contribution in [-0.4, -0.2) is 4.92 Å². The first kappa shape index (κ1) is 13.2. The van der Waals surface area contributed by atoms with Crippen LogP contribution in [0.25, 0.3) is 0 Å². The molecule has 0 radical (unpaired) electrons. The summed E-state index contributed by atoms with van der Waals surface area (Å²) in [5.74, 6) is 0. The van der Waals surface area contributed by atoms with Crippen LogP contribution in [0, 0.1) is 10.1 Å². The number of hydrogen-bond acceptors (Lipinski definition) is 3. The third kappa shape index (κ3) is 3.63. The summed E-state index contributed by atoms with van der Waals surface area (Å²) >= 11 is 1.38. The Bertz CT molecular complexity index is 570. The molecule has 0 aliphatic rings. The zero-order chi connectivity index (χ0) is 13.5. The van der Waals surface area contributed by atoms with E-state index < -0.39 is 6.04 Å². The lowest BCUT2D eigenvalue weighted by Gasteiger charge is -2.07. The van der Waals surface area contributed by atoms with Crippen molar-refractivity contribution in [2.75, 3.05) is 0 Å². The monoisotopic (exact) mass is 271 g/mol. The van der Waals surface area contributed by atoms with Gasteiger partial charge in [0.15, 0.2) is 0 Å². The van der Waals surface area contributed by atoms with Crippen molar-refractivity contribution in [3.05, 3.63) is 92.7 Å². The van der Waals surface area contributed by atoms with E-state index in [4.69, 9.17) is 0 Å². The first-order valence-corrected chi connectivity index (χ1v) is 6.72. The van der Waals surface area contributed by atoms with Crippen molar-refractivity contribution in [2.45, 2.75) is 6.04 Å². The number of rotatable bonds is 3. The highest BCUT2D eigenvalue weighted by Crippen LogP contribution is 2.26. The van der Waals surface area contributed by atoms with Crippen LogP contribution in [0.3, 0.4) is 0 Å². The molecule has 4 heteroatoms. The van der Waals surface area contributed by atoms with Crippen LogP contribution in [0.5, 0.6) is 0 Å². The third-order valence-electron chi connectivity index (χ3n) is 2.58. The minimum atomic E-state index is -0.821. The molecule has 0 saturated carbocycles. The van der Waals surface area contributed by atoms with Crippen molar-refractivity contribution in [1.82, 2.24) is 0 Å². The van der Waals surface area contributed by atoms with Crippen molar-refractivity contribution in [1.29, 1.82) is 0 Å². The number of nitrogens with zero attached hydrogens (tertiary/aromatic N) is 1. The molecule has 0 saturated heterocycles. The Balaban J connectivity index is 2.52. The van der Waals surface area contributed by atoms with Gasteiger partial charge in [0.05, 0.1) is 4.88 Å². The van der Waals surface area contributed by atoms with E-state index in [1.165, 1.54) is 11.3 Å². The number of benzene rings is 1. The maximum atomic E-state index is 11.4. The molecule has 0 N–H and O–H groups in total. The number of nitro groups is 1. The van der Waals surface area contributed by atoms with E-state index in [1.54, 1.807) is 18.2 Å². The second kappa shape index (κ2) is 6.66. The minimum absolute atomic E-state index is 0.249. The highest BCUT2D eigenvalue weighted by molar-refractivity contribution is 7.09. The molecular formula is C15H13NO2S. The van der Waals surface area contributed by atoms with Crippen LogP contribution in [0.2, 0.25) is 0 Å². The van der Waals surface area contributed by atoms with E-state index in [-0.39, 0.29) is 4.92 Å². The summed E-state index contributed by atoms with van der Waals surface area (Å²) in [5, 5.41) is 13.2. The molecule has 1 heterocycles. The van der Waals surface area contributed by atoms with Crippen molar-refractivity contribution < 1.29 is 4.92 Å². The molecule has 0 bridgehead atoms. The molecular weight excluding hydrogens is 258 g/mol. The van der Waals surface area contributed by atoms with E-state index >= 15 is 0 Å². The minimum Gasteiger partial charge on any atom is -0.263 e. The molecule has 0 fully saturated rings. The molecule has 0 spiro atoms. The Morgan fingerprint density at radius 3 is 2.21 bits per heavy atom. The lowest BCUT2D eigenvalue weighted by Crippen LogP contribution is -2.10. The molecule has 1 unspecified atom stereocenters. The fourth-order valence-corrected chi connectivity index (χ4v) is 2.56. The number of hydrogen-bond donors (Lipinski definition) is 0. The Morgan fingerprint density at radius 2 is 1.47 bits per heavy atom. The van der Waals surface area contributed by atoms with Crippen molar-refractivity contribution in [2.24, 2.45) is 0 Å². The Morgan fingerprint density at radius 1 is 0.895 bits per heavy atom. The maximum absolute atomic E-state index is 11.4. The lowest BCUT2D eigenvalue weighted by molar-refractivity contribution is -0.516. The van der Waals surface area contributed by atoms with Gasteiger partial charge < -0.3 is 0 Å².